The summed E-state index contributed by atoms with van der Waals surface area (Å²) in [6, 6.07) is 11.8. The molecule has 1 aliphatic heterocycles. The molecule has 1 amide bonds. The van der Waals surface area contributed by atoms with Gasteiger partial charge in [0.15, 0.2) is 0 Å². The van der Waals surface area contributed by atoms with Crippen LogP contribution in [0.15, 0.2) is 66.1 Å². The fraction of sp³-hybridized carbons (Fsp3) is 0.304. The van der Waals surface area contributed by atoms with Gasteiger partial charge in [-0.25, -0.2) is 13.4 Å². The topological polar surface area (TPSA) is 84.3 Å². The maximum absolute atomic E-state index is 13.0. The van der Waals surface area contributed by atoms with Crippen LogP contribution in [0.2, 0.25) is 5.02 Å². The van der Waals surface area contributed by atoms with E-state index in [4.69, 9.17) is 11.6 Å². The number of nitrogens with one attached hydrogen (secondary N) is 1. The quantitative estimate of drug-likeness (QED) is 0.583. The van der Waals surface area contributed by atoms with E-state index >= 15 is 0 Å². The number of rotatable bonds is 6. The van der Waals surface area contributed by atoms with E-state index in [0.717, 1.165) is 30.5 Å². The molecule has 2 heterocycles. The number of carbonyl (C=O) groups excluding carboxylic acids is 1. The summed E-state index contributed by atoms with van der Waals surface area (Å²) in [5.41, 5.74) is 2.02. The summed E-state index contributed by atoms with van der Waals surface area (Å²) < 4.78 is 29.4. The number of aromatic nitrogens is 2. The van der Waals surface area contributed by atoms with E-state index in [2.05, 4.69) is 10.3 Å². The van der Waals surface area contributed by atoms with Gasteiger partial charge in [0.1, 0.15) is 0 Å². The van der Waals surface area contributed by atoms with Crippen molar-refractivity contribution in [2.75, 3.05) is 13.1 Å². The standard InChI is InChI=1S/C23H25ClN4O3S/c1-17(18-5-7-19(8-6-18)27-14-11-25-16-27)26-23(29)21-15-20(9-10-22(21)24)32(30,31)28-12-3-2-4-13-28/h5-11,14-17H,2-4,12-13H2,1H3,(H,26,29). The second-order valence-electron chi connectivity index (χ2n) is 7.86. The lowest BCUT2D eigenvalue weighted by Crippen LogP contribution is -2.35. The largest absolute Gasteiger partial charge is 0.345 e. The minimum Gasteiger partial charge on any atom is -0.345 e. The van der Waals surface area contributed by atoms with Crippen molar-refractivity contribution in [1.29, 1.82) is 0 Å². The first-order valence-electron chi connectivity index (χ1n) is 10.5. The lowest BCUT2D eigenvalue weighted by molar-refractivity contribution is 0.0940. The molecule has 2 aromatic carbocycles. The maximum atomic E-state index is 13.0. The van der Waals surface area contributed by atoms with Crippen molar-refractivity contribution in [3.05, 3.63) is 77.3 Å². The summed E-state index contributed by atoms with van der Waals surface area (Å²) in [7, 11) is -3.65. The molecule has 0 spiro atoms. The van der Waals surface area contributed by atoms with E-state index in [0.29, 0.717) is 13.1 Å². The average molecular weight is 473 g/mol. The van der Waals surface area contributed by atoms with Gasteiger partial charge in [0.25, 0.3) is 5.91 Å². The minimum absolute atomic E-state index is 0.0892. The highest BCUT2D eigenvalue weighted by Crippen LogP contribution is 2.26. The number of hydrogen-bond donors (Lipinski definition) is 1. The van der Waals surface area contributed by atoms with Gasteiger partial charge in [0.2, 0.25) is 10.0 Å². The molecule has 1 aromatic heterocycles. The highest BCUT2D eigenvalue weighted by Gasteiger charge is 2.27. The zero-order valence-corrected chi connectivity index (χ0v) is 19.3. The van der Waals surface area contributed by atoms with E-state index in [1.165, 1.54) is 22.5 Å². The molecule has 1 fully saturated rings. The molecule has 1 aliphatic rings. The summed E-state index contributed by atoms with van der Waals surface area (Å²) in [6.07, 6.45) is 8.00. The third-order valence-corrected chi connectivity index (χ3v) is 7.90. The first kappa shape index (κ1) is 22.5. The van der Waals surface area contributed by atoms with Gasteiger partial charge in [-0.1, -0.05) is 30.2 Å². The Hall–Kier alpha value is -2.68. The molecular weight excluding hydrogens is 448 g/mol. The zero-order chi connectivity index (χ0) is 22.7. The van der Waals surface area contributed by atoms with Crippen molar-refractivity contribution >= 4 is 27.5 Å². The highest BCUT2D eigenvalue weighted by atomic mass is 35.5. The predicted molar refractivity (Wildman–Crippen MR) is 124 cm³/mol. The number of sulfonamides is 1. The second-order valence-corrected chi connectivity index (χ2v) is 10.2. The molecule has 4 rings (SSSR count). The number of carbonyl (C=O) groups is 1. The molecule has 0 radical (unpaired) electrons. The van der Waals surface area contributed by atoms with Crippen LogP contribution in [0.1, 0.15) is 48.1 Å². The Morgan fingerprint density at radius 1 is 1.09 bits per heavy atom. The van der Waals surface area contributed by atoms with Crippen LogP contribution in [-0.2, 0) is 10.0 Å². The van der Waals surface area contributed by atoms with Gasteiger partial charge in [-0.3, -0.25) is 4.79 Å². The molecule has 3 aromatic rings. The van der Waals surface area contributed by atoms with Crippen molar-refractivity contribution < 1.29 is 13.2 Å². The van der Waals surface area contributed by atoms with Gasteiger partial charge in [-0.2, -0.15) is 4.31 Å². The van der Waals surface area contributed by atoms with Crippen LogP contribution in [0.25, 0.3) is 5.69 Å². The van der Waals surface area contributed by atoms with Crippen LogP contribution in [0.4, 0.5) is 0 Å². The number of halogens is 1. The van der Waals surface area contributed by atoms with E-state index < -0.39 is 15.9 Å². The molecule has 0 aliphatic carbocycles. The van der Waals surface area contributed by atoms with Crippen LogP contribution < -0.4 is 5.32 Å². The van der Waals surface area contributed by atoms with Crippen molar-refractivity contribution in [2.24, 2.45) is 0 Å². The maximum Gasteiger partial charge on any atom is 0.253 e. The van der Waals surface area contributed by atoms with Gasteiger partial charge in [-0.05, 0) is 55.7 Å². The summed E-state index contributed by atoms with van der Waals surface area (Å²) in [5, 5.41) is 3.13. The lowest BCUT2D eigenvalue weighted by atomic mass is 10.1. The van der Waals surface area contributed by atoms with Crippen molar-refractivity contribution in [2.45, 2.75) is 37.1 Å². The molecule has 1 atom stereocenters. The van der Waals surface area contributed by atoms with Crippen LogP contribution in [0, 0.1) is 0 Å². The highest BCUT2D eigenvalue weighted by molar-refractivity contribution is 7.89. The van der Waals surface area contributed by atoms with Gasteiger partial charge >= 0.3 is 0 Å². The number of amides is 1. The number of hydrogen-bond acceptors (Lipinski definition) is 4. The fourth-order valence-electron chi connectivity index (χ4n) is 3.80. The number of benzene rings is 2. The Balaban J connectivity index is 1.51. The van der Waals surface area contributed by atoms with E-state index in [-0.39, 0.29) is 21.5 Å². The van der Waals surface area contributed by atoms with Crippen molar-refractivity contribution in [3.8, 4) is 5.69 Å². The van der Waals surface area contributed by atoms with Gasteiger partial charge in [-0.15, -0.1) is 0 Å². The Morgan fingerprint density at radius 2 is 1.81 bits per heavy atom. The van der Waals surface area contributed by atoms with Gasteiger partial charge in [0.05, 0.1) is 27.9 Å². The van der Waals surface area contributed by atoms with Crippen LogP contribution in [0.5, 0.6) is 0 Å². The molecule has 1 saturated heterocycles. The number of nitrogens with zero attached hydrogens (tertiary/aromatic N) is 3. The Labute approximate surface area is 193 Å². The predicted octanol–water partition coefficient (Wildman–Crippen LogP) is 4.19. The Kier molecular flexibility index (Phi) is 6.64. The van der Waals surface area contributed by atoms with Crippen molar-refractivity contribution in [3.63, 3.8) is 0 Å². The Morgan fingerprint density at radius 3 is 2.47 bits per heavy atom. The van der Waals surface area contributed by atoms with Crippen LogP contribution >= 0.6 is 11.6 Å². The molecule has 1 unspecified atom stereocenters. The summed E-state index contributed by atoms with van der Waals surface area (Å²) >= 11 is 6.26. The number of piperidine rings is 1. The minimum atomic E-state index is -3.65. The molecule has 32 heavy (non-hydrogen) atoms. The summed E-state index contributed by atoms with van der Waals surface area (Å²) in [4.78, 5) is 17.1. The third-order valence-electron chi connectivity index (χ3n) is 5.68. The van der Waals surface area contributed by atoms with Crippen LogP contribution in [0.3, 0.4) is 0 Å². The molecular formula is C23H25ClN4O3S. The van der Waals surface area contributed by atoms with Gasteiger partial charge in [0, 0.05) is 31.2 Å². The van der Waals surface area contributed by atoms with Crippen molar-refractivity contribution in [1.82, 2.24) is 19.2 Å². The van der Waals surface area contributed by atoms with E-state index in [9.17, 15) is 13.2 Å². The molecule has 1 N–H and O–H groups in total. The number of imidazole rings is 1. The van der Waals surface area contributed by atoms with E-state index in [1.807, 2.05) is 42.0 Å². The molecule has 168 valence electrons. The zero-order valence-electron chi connectivity index (χ0n) is 17.7. The molecule has 9 heteroatoms. The average Bonchev–Trinajstić information content (AvgIpc) is 3.35. The smallest absolute Gasteiger partial charge is 0.253 e. The second kappa shape index (κ2) is 9.44. The first-order valence-corrected chi connectivity index (χ1v) is 12.4. The Bertz CT molecular complexity index is 1190. The fourth-order valence-corrected chi connectivity index (χ4v) is 5.55. The third kappa shape index (κ3) is 4.72. The molecule has 7 nitrogen and oxygen atoms in total. The molecule has 0 saturated carbocycles. The van der Waals surface area contributed by atoms with Gasteiger partial charge < -0.3 is 9.88 Å². The normalized spacial score (nSPS) is 15.9. The monoisotopic (exact) mass is 472 g/mol. The SMILES string of the molecule is CC(NC(=O)c1cc(S(=O)(=O)N2CCCCC2)ccc1Cl)c1ccc(-n2ccnc2)cc1. The van der Waals surface area contributed by atoms with E-state index in [1.54, 1.807) is 12.5 Å². The lowest BCUT2D eigenvalue weighted by Gasteiger charge is -2.26. The summed E-state index contributed by atoms with van der Waals surface area (Å²) in [5.74, 6) is -0.420. The first-order chi connectivity index (χ1) is 15.4. The molecule has 0 bridgehead atoms. The van der Waals surface area contributed by atoms with Crippen LogP contribution in [-0.4, -0.2) is 41.3 Å². The summed E-state index contributed by atoms with van der Waals surface area (Å²) in [6.45, 7) is 2.86.